The predicted molar refractivity (Wildman–Crippen MR) is 93.3 cm³/mol. The molecule has 1 aliphatic heterocycles. The number of carbonyl (C=O) groups is 1. The molecule has 1 saturated heterocycles. The lowest BCUT2D eigenvalue weighted by Gasteiger charge is -2.15. The largest absolute Gasteiger partial charge is 0.298 e. The van der Waals surface area contributed by atoms with Gasteiger partial charge in [0, 0.05) is 23.1 Å². The van der Waals surface area contributed by atoms with Gasteiger partial charge in [-0.2, -0.15) is 0 Å². The van der Waals surface area contributed by atoms with Crippen LogP contribution in [-0.2, 0) is 0 Å². The monoisotopic (exact) mass is 326 g/mol. The standard InChI is InChI=1S/C14H18N2OS3/c1-10(2)11-6-4-5-7-12(11)15-13-16(8-9-19-13)14(17)20-18-3/h4-7,10H,8-9H2,1-3H3. The normalized spacial score (nSPS) is 17.2. The molecule has 1 fully saturated rings. The van der Waals surface area contributed by atoms with Crippen LogP contribution in [0.4, 0.5) is 10.5 Å². The van der Waals surface area contributed by atoms with Crippen LogP contribution >= 0.6 is 33.3 Å². The van der Waals surface area contributed by atoms with E-state index >= 15 is 0 Å². The zero-order valence-corrected chi connectivity index (χ0v) is 14.3. The number of rotatable bonds is 3. The number of benzene rings is 1. The number of aliphatic imine (C=N–C) groups is 1. The number of amides is 1. The molecular formula is C14H18N2OS3. The summed E-state index contributed by atoms with van der Waals surface area (Å²) < 4.78 is 0. The van der Waals surface area contributed by atoms with Gasteiger partial charge in [0.05, 0.1) is 5.69 Å². The maximum Gasteiger partial charge on any atom is 0.298 e. The Kier molecular flexibility index (Phi) is 5.86. The minimum absolute atomic E-state index is 0.0725. The average Bonchev–Trinajstić information content (AvgIpc) is 2.87. The van der Waals surface area contributed by atoms with Crippen molar-refractivity contribution in [3.63, 3.8) is 0 Å². The van der Waals surface area contributed by atoms with Crippen molar-refractivity contribution in [1.82, 2.24) is 4.90 Å². The van der Waals surface area contributed by atoms with E-state index < -0.39 is 0 Å². The Labute approximate surface area is 132 Å². The average molecular weight is 327 g/mol. The zero-order valence-electron chi connectivity index (χ0n) is 11.8. The van der Waals surface area contributed by atoms with E-state index in [9.17, 15) is 4.79 Å². The third kappa shape index (κ3) is 3.74. The molecule has 20 heavy (non-hydrogen) atoms. The summed E-state index contributed by atoms with van der Waals surface area (Å²) in [6.07, 6.45) is 1.91. The number of thioether (sulfide) groups is 1. The fourth-order valence-corrected chi connectivity index (χ4v) is 4.08. The molecule has 0 spiro atoms. The van der Waals surface area contributed by atoms with Gasteiger partial charge in [-0.25, -0.2) is 4.99 Å². The van der Waals surface area contributed by atoms with E-state index in [4.69, 9.17) is 4.99 Å². The molecule has 0 radical (unpaired) electrons. The minimum atomic E-state index is 0.0725. The summed E-state index contributed by atoms with van der Waals surface area (Å²) in [4.78, 5) is 18.5. The minimum Gasteiger partial charge on any atom is -0.280 e. The first-order valence-corrected chi connectivity index (χ1v) is 10.0. The molecule has 0 atom stereocenters. The summed E-state index contributed by atoms with van der Waals surface area (Å²) in [7, 11) is 2.74. The number of nitrogens with zero attached hydrogens (tertiary/aromatic N) is 2. The molecule has 0 saturated carbocycles. The maximum absolute atomic E-state index is 12.0. The highest BCUT2D eigenvalue weighted by atomic mass is 33.1. The lowest BCUT2D eigenvalue weighted by Crippen LogP contribution is -2.27. The number of carbonyl (C=O) groups excluding carboxylic acids is 1. The summed E-state index contributed by atoms with van der Waals surface area (Å²) in [5.74, 6) is 1.34. The molecule has 0 N–H and O–H groups in total. The molecular weight excluding hydrogens is 308 g/mol. The Hall–Kier alpha value is -0.590. The van der Waals surface area contributed by atoms with Crippen molar-refractivity contribution in [2.45, 2.75) is 19.8 Å². The van der Waals surface area contributed by atoms with Crippen LogP contribution in [0, 0.1) is 0 Å². The Morgan fingerprint density at radius 1 is 1.40 bits per heavy atom. The Morgan fingerprint density at radius 3 is 2.85 bits per heavy atom. The van der Waals surface area contributed by atoms with Gasteiger partial charge in [-0.1, -0.05) is 54.6 Å². The molecule has 6 heteroatoms. The van der Waals surface area contributed by atoms with Gasteiger partial charge in [0.2, 0.25) is 0 Å². The summed E-state index contributed by atoms with van der Waals surface area (Å²) in [6.45, 7) is 5.07. The lowest BCUT2D eigenvalue weighted by molar-refractivity contribution is 0.247. The third-order valence-corrected chi connectivity index (χ3v) is 5.34. The van der Waals surface area contributed by atoms with E-state index in [1.165, 1.54) is 27.2 Å². The molecule has 0 aromatic heterocycles. The highest BCUT2D eigenvalue weighted by Crippen LogP contribution is 2.32. The van der Waals surface area contributed by atoms with Crippen molar-refractivity contribution in [3.8, 4) is 0 Å². The second kappa shape index (κ2) is 7.43. The summed E-state index contributed by atoms with van der Waals surface area (Å²) in [5.41, 5.74) is 2.19. The van der Waals surface area contributed by atoms with E-state index in [1.54, 1.807) is 16.7 Å². The van der Waals surface area contributed by atoms with Gasteiger partial charge in [-0.05, 0) is 23.8 Å². The van der Waals surface area contributed by atoms with Crippen LogP contribution in [0.2, 0.25) is 0 Å². The van der Waals surface area contributed by atoms with E-state index in [0.29, 0.717) is 5.92 Å². The number of hydrogen-bond acceptors (Lipinski definition) is 5. The van der Waals surface area contributed by atoms with Crippen molar-refractivity contribution >= 4 is 49.4 Å². The smallest absolute Gasteiger partial charge is 0.280 e. The first-order chi connectivity index (χ1) is 9.63. The molecule has 1 aromatic carbocycles. The number of para-hydroxylation sites is 1. The van der Waals surface area contributed by atoms with Crippen LogP contribution in [0.15, 0.2) is 29.3 Å². The van der Waals surface area contributed by atoms with Crippen molar-refractivity contribution in [1.29, 1.82) is 0 Å². The van der Waals surface area contributed by atoms with Crippen LogP contribution in [0.3, 0.4) is 0 Å². The van der Waals surface area contributed by atoms with Crippen LogP contribution in [0.25, 0.3) is 0 Å². The van der Waals surface area contributed by atoms with Gasteiger partial charge in [0.1, 0.15) is 0 Å². The van der Waals surface area contributed by atoms with E-state index in [2.05, 4.69) is 19.9 Å². The van der Waals surface area contributed by atoms with Crippen molar-refractivity contribution in [2.24, 2.45) is 4.99 Å². The molecule has 0 bridgehead atoms. The second-order valence-corrected chi connectivity index (χ2v) is 8.04. The first kappa shape index (κ1) is 15.8. The predicted octanol–water partition coefficient (Wildman–Crippen LogP) is 4.98. The van der Waals surface area contributed by atoms with E-state index in [-0.39, 0.29) is 5.24 Å². The van der Waals surface area contributed by atoms with Crippen LogP contribution < -0.4 is 0 Å². The van der Waals surface area contributed by atoms with Gasteiger partial charge >= 0.3 is 0 Å². The Bertz CT molecular complexity index is 517. The van der Waals surface area contributed by atoms with E-state index in [0.717, 1.165) is 23.2 Å². The molecule has 1 heterocycles. The Balaban J connectivity index is 2.28. The lowest BCUT2D eigenvalue weighted by atomic mass is 10.0. The fourth-order valence-electron chi connectivity index (χ4n) is 1.96. The molecule has 1 amide bonds. The quantitative estimate of drug-likeness (QED) is 0.734. The third-order valence-electron chi connectivity index (χ3n) is 2.93. The zero-order chi connectivity index (χ0) is 14.5. The van der Waals surface area contributed by atoms with Gasteiger partial charge < -0.3 is 0 Å². The summed E-state index contributed by atoms with van der Waals surface area (Å²) >= 11 is 1.65. The summed E-state index contributed by atoms with van der Waals surface area (Å²) in [5, 5.41) is 0.896. The first-order valence-electron chi connectivity index (χ1n) is 6.46. The van der Waals surface area contributed by atoms with E-state index in [1.807, 2.05) is 24.5 Å². The summed E-state index contributed by atoms with van der Waals surface area (Å²) in [6, 6.07) is 8.15. The molecule has 1 aromatic rings. The maximum atomic E-state index is 12.0. The molecule has 0 aliphatic carbocycles. The topological polar surface area (TPSA) is 32.7 Å². The van der Waals surface area contributed by atoms with Crippen LogP contribution in [-0.4, -0.2) is 33.9 Å². The number of hydrogen-bond donors (Lipinski definition) is 0. The molecule has 0 unspecified atom stereocenters. The van der Waals surface area contributed by atoms with Crippen LogP contribution in [0.1, 0.15) is 25.3 Å². The SMILES string of the molecule is CSSC(=O)N1CCSC1=Nc1ccccc1C(C)C. The van der Waals surface area contributed by atoms with Gasteiger partial charge in [0.15, 0.2) is 5.17 Å². The highest BCUT2D eigenvalue weighted by Gasteiger charge is 2.26. The highest BCUT2D eigenvalue weighted by molar-refractivity contribution is 8.82. The van der Waals surface area contributed by atoms with Gasteiger partial charge in [-0.3, -0.25) is 9.69 Å². The van der Waals surface area contributed by atoms with Crippen LogP contribution in [0.5, 0.6) is 0 Å². The molecule has 3 nitrogen and oxygen atoms in total. The van der Waals surface area contributed by atoms with Crippen molar-refractivity contribution in [3.05, 3.63) is 29.8 Å². The molecule has 108 valence electrons. The van der Waals surface area contributed by atoms with Gasteiger partial charge in [0.25, 0.3) is 5.24 Å². The van der Waals surface area contributed by atoms with Crippen molar-refractivity contribution < 1.29 is 4.79 Å². The molecule has 1 aliphatic rings. The second-order valence-electron chi connectivity index (χ2n) is 4.62. The van der Waals surface area contributed by atoms with Crippen molar-refractivity contribution in [2.75, 3.05) is 18.6 Å². The molecule has 2 rings (SSSR count). The number of amidine groups is 1. The Morgan fingerprint density at radius 2 is 2.15 bits per heavy atom. The van der Waals surface area contributed by atoms with Gasteiger partial charge in [-0.15, -0.1) is 0 Å². The fraction of sp³-hybridized carbons (Fsp3) is 0.429.